The molecule has 0 aromatic heterocycles. The zero-order valence-corrected chi connectivity index (χ0v) is 10.3. The predicted molar refractivity (Wildman–Crippen MR) is 73.5 cm³/mol. The molecule has 0 fully saturated rings. The standard InChI is InChI=1S/C16H14O3/c1-2-3-11-4-6-12(7-5-11)16(19)14-9-8-13(17)10-15(14)18/h2,4-10,17-18H,1,3H2. The lowest BCUT2D eigenvalue weighted by molar-refractivity contribution is 0.103. The number of ketones is 1. The first kappa shape index (κ1) is 12.9. The average molecular weight is 254 g/mol. The molecule has 0 unspecified atom stereocenters. The van der Waals surface area contributed by atoms with E-state index in [-0.39, 0.29) is 22.8 Å². The number of benzene rings is 2. The molecule has 0 saturated heterocycles. The molecule has 0 aliphatic heterocycles. The largest absolute Gasteiger partial charge is 0.508 e. The van der Waals surface area contributed by atoms with Crippen LogP contribution in [0.3, 0.4) is 0 Å². The minimum absolute atomic E-state index is 0.0737. The van der Waals surface area contributed by atoms with Crippen LogP contribution in [0.4, 0.5) is 0 Å². The van der Waals surface area contributed by atoms with Gasteiger partial charge in [0.25, 0.3) is 0 Å². The van der Waals surface area contributed by atoms with Crippen LogP contribution in [-0.4, -0.2) is 16.0 Å². The molecule has 2 rings (SSSR count). The van der Waals surface area contributed by atoms with Gasteiger partial charge in [-0.05, 0) is 24.1 Å². The molecule has 0 aliphatic carbocycles. The molecule has 0 saturated carbocycles. The first-order valence-electron chi connectivity index (χ1n) is 5.88. The molecule has 96 valence electrons. The van der Waals surface area contributed by atoms with Crippen LogP contribution in [0.25, 0.3) is 0 Å². The topological polar surface area (TPSA) is 57.5 Å². The highest BCUT2D eigenvalue weighted by atomic mass is 16.3. The molecular weight excluding hydrogens is 240 g/mol. The Morgan fingerprint density at radius 3 is 2.37 bits per heavy atom. The first-order valence-corrected chi connectivity index (χ1v) is 5.88. The molecule has 0 heterocycles. The Kier molecular flexibility index (Phi) is 3.66. The lowest BCUT2D eigenvalue weighted by Gasteiger charge is -2.05. The van der Waals surface area contributed by atoms with Gasteiger partial charge < -0.3 is 10.2 Å². The van der Waals surface area contributed by atoms with Gasteiger partial charge in [-0.1, -0.05) is 30.3 Å². The third kappa shape index (κ3) is 2.83. The van der Waals surface area contributed by atoms with E-state index < -0.39 is 0 Å². The van der Waals surface area contributed by atoms with Crippen molar-refractivity contribution >= 4 is 5.78 Å². The van der Waals surface area contributed by atoms with E-state index in [9.17, 15) is 15.0 Å². The van der Waals surface area contributed by atoms with Crippen LogP contribution in [0.5, 0.6) is 11.5 Å². The van der Waals surface area contributed by atoms with Gasteiger partial charge in [0.2, 0.25) is 0 Å². The second-order valence-electron chi connectivity index (χ2n) is 4.22. The van der Waals surface area contributed by atoms with Crippen molar-refractivity contribution < 1.29 is 15.0 Å². The van der Waals surface area contributed by atoms with Gasteiger partial charge >= 0.3 is 0 Å². The summed E-state index contributed by atoms with van der Waals surface area (Å²) in [6.45, 7) is 3.66. The number of carbonyl (C=O) groups is 1. The molecular formula is C16H14O3. The Balaban J connectivity index is 2.30. The Morgan fingerprint density at radius 1 is 1.11 bits per heavy atom. The quantitative estimate of drug-likeness (QED) is 0.651. The van der Waals surface area contributed by atoms with E-state index in [2.05, 4.69) is 6.58 Å². The third-order valence-electron chi connectivity index (χ3n) is 2.82. The molecule has 2 N–H and O–H groups in total. The summed E-state index contributed by atoms with van der Waals surface area (Å²) in [5.41, 5.74) is 1.74. The van der Waals surface area contributed by atoms with Gasteiger partial charge in [-0.15, -0.1) is 6.58 Å². The SMILES string of the molecule is C=CCc1ccc(C(=O)c2ccc(O)cc2O)cc1. The number of phenolic OH excluding ortho intramolecular Hbond substituents is 2. The van der Waals surface area contributed by atoms with Crippen molar-refractivity contribution in [2.45, 2.75) is 6.42 Å². The fourth-order valence-corrected chi connectivity index (χ4v) is 1.83. The lowest BCUT2D eigenvalue weighted by atomic mass is 10.0. The minimum Gasteiger partial charge on any atom is -0.508 e. The zero-order valence-electron chi connectivity index (χ0n) is 10.3. The second kappa shape index (κ2) is 5.40. The summed E-state index contributed by atoms with van der Waals surface area (Å²) >= 11 is 0. The Hall–Kier alpha value is -2.55. The molecule has 0 radical (unpaired) electrons. The molecule has 19 heavy (non-hydrogen) atoms. The minimum atomic E-state index is -0.275. The molecule has 0 amide bonds. The summed E-state index contributed by atoms with van der Waals surface area (Å²) in [6.07, 6.45) is 2.54. The van der Waals surface area contributed by atoms with E-state index >= 15 is 0 Å². The molecule has 3 heteroatoms. The fraction of sp³-hybridized carbons (Fsp3) is 0.0625. The molecule has 2 aromatic carbocycles. The van der Waals surface area contributed by atoms with Crippen LogP contribution in [-0.2, 0) is 6.42 Å². The van der Waals surface area contributed by atoms with Crippen LogP contribution >= 0.6 is 0 Å². The maximum Gasteiger partial charge on any atom is 0.196 e. The van der Waals surface area contributed by atoms with E-state index in [1.807, 2.05) is 12.1 Å². The molecule has 2 aromatic rings. The van der Waals surface area contributed by atoms with Crippen molar-refractivity contribution in [3.63, 3.8) is 0 Å². The second-order valence-corrected chi connectivity index (χ2v) is 4.22. The Bertz CT molecular complexity index is 612. The van der Waals surface area contributed by atoms with Crippen molar-refractivity contribution in [1.82, 2.24) is 0 Å². The van der Waals surface area contributed by atoms with Gasteiger partial charge in [-0.25, -0.2) is 0 Å². The molecule has 0 aliphatic rings. The summed E-state index contributed by atoms with van der Waals surface area (Å²) in [7, 11) is 0. The monoisotopic (exact) mass is 254 g/mol. The highest BCUT2D eigenvalue weighted by molar-refractivity contribution is 6.10. The van der Waals surface area contributed by atoms with E-state index in [4.69, 9.17) is 0 Å². The van der Waals surface area contributed by atoms with Crippen molar-refractivity contribution in [2.24, 2.45) is 0 Å². The number of hydrogen-bond acceptors (Lipinski definition) is 3. The maximum absolute atomic E-state index is 12.2. The summed E-state index contributed by atoms with van der Waals surface area (Å²) in [6, 6.07) is 11.1. The third-order valence-corrected chi connectivity index (χ3v) is 2.82. The van der Waals surface area contributed by atoms with Crippen molar-refractivity contribution in [3.8, 4) is 11.5 Å². The summed E-state index contributed by atoms with van der Waals surface area (Å²) < 4.78 is 0. The van der Waals surface area contributed by atoms with Gasteiger partial charge in [0.05, 0.1) is 5.56 Å². The van der Waals surface area contributed by atoms with E-state index in [1.54, 1.807) is 18.2 Å². The van der Waals surface area contributed by atoms with E-state index in [0.29, 0.717) is 5.56 Å². The number of carbonyl (C=O) groups excluding carboxylic acids is 1. The lowest BCUT2D eigenvalue weighted by Crippen LogP contribution is -2.01. The summed E-state index contributed by atoms with van der Waals surface area (Å²) in [4.78, 5) is 12.2. The van der Waals surface area contributed by atoms with Gasteiger partial charge in [-0.3, -0.25) is 4.79 Å². The molecule has 0 bridgehead atoms. The van der Waals surface area contributed by atoms with Crippen LogP contribution in [0.1, 0.15) is 21.5 Å². The molecule has 0 spiro atoms. The van der Waals surface area contributed by atoms with Crippen LogP contribution in [0.15, 0.2) is 55.1 Å². The van der Waals surface area contributed by atoms with Gasteiger partial charge in [0.1, 0.15) is 11.5 Å². The number of rotatable bonds is 4. The number of aromatic hydroxyl groups is 2. The maximum atomic E-state index is 12.2. The fourth-order valence-electron chi connectivity index (χ4n) is 1.83. The van der Waals surface area contributed by atoms with E-state index in [1.165, 1.54) is 12.1 Å². The normalized spacial score (nSPS) is 10.1. The Morgan fingerprint density at radius 2 is 1.79 bits per heavy atom. The highest BCUT2D eigenvalue weighted by Crippen LogP contribution is 2.25. The number of allylic oxidation sites excluding steroid dienone is 1. The van der Waals surface area contributed by atoms with Crippen molar-refractivity contribution in [1.29, 1.82) is 0 Å². The summed E-state index contributed by atoms with van der Waals surface area (Å²) in [5.74, 6) is -0.571. The van der Waals surface area contributed by atoms with Crippen LogP contribution < -0.4 is 0 Å². The number of phenols is 2. The van der Waals surface area contributed by atoms with Gasteiger partial charge in [-0.2, -0.15) is 0 Å². The van der Waals surface area contributed by atoms with Crippen molar-refractivity contribution in [2.75, 3.05) is 0 Å². The predicted octanol–water partition coefficient (Wildman–Crippen LogP) is 3.06. The summed E-state index contributed by atoms with van der Waals surface area (Å²) in [5, 5.41) is 18.9. The number of hydrogen-bond donors (Lipinski definition) is 2. The smallest absolute Gasteiger partial charge is 0.196 e. The van der Waals surface area contributed by atoms with E-state index in [0.717, 1.165) is 18.1 Å². The highest BCUT2D eigenvalue weighted by Gasteiger charge is 2.13. The Labute approximate surface area is 111 Å². The zero-order chi connectivity index (χ0) is 13.8. The first-order chi connectivity index (χ1) is 9.11. The van der Waals surface area contributed by atoms with Gasteiger partial charge in [0.15, 0.2) is 5.78 Å². The average Bonchev–Trinajstić information content (AvgIpc) is 2.39. The molecule has 3 nitrogen and oxygen atoms in total. The van der Waals surface area contributed by atoms with Gasteiger partial charge in [0, 0.05) is 11.6 Å². The van der Waals surface area contributed by atoms with Crippen LogP contribution in [0, 0.1) is 0 Å². The van der Waals surface area contributed by atoms with Crippen LogP contribution in [0.2, 0.25) is 0 Å². The van der Waals surface area contributed by atoms with Crippen molar-refractivity contribution in [3.05, 3.63) is 71.8 Å². The molecule has 0 atom stereocenters.